The summed E-state index contributed by atoms with van der Waals surface area (Å²) < 4.78 is 10.1. The zero-order valence-electron chi connectivity index (χ0n) is 7.41. The molecular weight excluding hydrogens is 146 g/mol. The van der Waals surface area contributed by atoms with Gasteiger partial charge in [-0.15, -0.1) is 0 Å². The van der Waals surface area contributed by atoms with E-state index >= 15 is 0 Å². The first kappa shape index (κ1) is 10.8. The molecule has 68 valence electrons. The van der Waals surface area contributed by atoms with Crippen LogP contribution in [-0.4, -0.2) is 50.3 Å². The second-order valence-electron chi connectivity index (χ2n) is 2.56. The van der Waals surface area contributed by atoms with Gasteiger partial charge >= 0.3 is 0 Å². The predicted molar refractivity (Wildman–Crippen MR) is 42.1 cm³/mol. The third kappa shape index (κ3) is 6.25. The normalized spacial score (nSPS) is 13.9. The Morgan fingerprint density at radius 1 is 1.45 bits per heavy atom. The Balaban J connectivity index is 3.22. The van der Waals surface area contributed by atoms with Crippen LogP contribution in [0.5, 0.6) is 0 Å². The van der Waals surface area contributed by atoms with E-state index < -0.39 is 0 Å². The topological polar surface area (TPSA) is 41.9 Å². The number of nitrogens with zero attached hydrogens (tertiary/aromatic N) is 1. The molecule has 0 saturated carbocycles. The van der Waals surface area contributed by atoms with Crippen LogP contribution in [0, 0.1) is 0 Å². The Kier molecular flexibility index (Phi) is 6.45. The first-order valence-electron chi connectivity index (χ1n) is 3.60. The van der Waals surface area contributed by atoms with Gasteiger partial charge in [0.05, 0.1) is 12.7 Å². The van der Waals surface area contributed by atoms with E-state index in [2.05, 4.69) is 0 Å². The Morgan fingerprint density at radius 2 is 2.09 bits per heavy atom. The Bertz CT molecular complexity index is 89.8. The molecule has 0 fully saturated rings. The summed E-state index contributed by atoms with van der Waals surface area (Å²) in [5, 5.41) is 8.60. The van der Waals surface area contributed by atoms with Crippen molar-refractivity contribution in [2.45, 2.75) is 13.0 Å². The standard InChI is InChI=1S/C7H17NO3/c1-7(4-9)11-6-8(2)5-10-3/h7,9H,4-6H2,1-3H3. The van der Waals surface area contributed by atoms with Crippen LogP contribution in [0.4, 0.5) is 0 Å². The molecule has 0 radical (unpaired) electrons. The number of aliphatic hydroxyl groups excluding tert-OH is 1. The maximum atomic E-state index is 8.60. The molecule has 0 heterocycles. The zero-order valence-corrected chi connectivity index (χ0v) is 7.41. The number of aliphatic hydroxyl groups is 1. The fourth-order valence-electron chi connectivity index (χ4n) is 0.565. The second-order valence-corrected chi connectivity index (χ2v) is 2.56. The van der Waals surface area contributed by atoms with E-state index in [1.165, 1.54) is 0 Å². The number of rotatable bonds is 6. The van der Waals surface area contributed by atoms with Crippen molar-refractivity contribution in [2.75, 3.05) is 34.2 Å². The highest BCUT2D eigenvalue weighted by atomic mass is 16.5. The van der Waals surface area contributed by atoms with Crippen LogP contribution in [0.3, 0.4) is 0 Å². The highest BCUT2D eigenvalue weighted by Gasteiger charge is 2.01. The van der Waals surface area contributed by atoms with E-state index in [4.69, 9.17) is 14.6 Å². The minimum Gasteiger partial charge on any atom is -0.394 e. The summed E-state index contributed by atoms with van der Waals surface area (Å²) >= 11 is 0. The van der Waals surface area contributed by atoms with E-state index in [0.717, 1.165) is 0 Å². The lowest BCUT2D eigenvalue weighted by molar-refractivity contribution is -0.0583. The lowest BCUT2D eigenvalue weighted by Crippen LogP contribution is -2.27. The Hall–Kier alpha value is -0.160. The molecule has 0 saturated heterocycles. The molecule has 1 N–H and O–H groups in total. The van der Waals surface area contributed by atoms with Crippen LogP contribution in [0.1, 0.15) is 6.92 Å². The van der Waals surface area contributed by atoms with Crippen LogP contribution in [-0.2, 0) is 9.47 Å². The van der Waals surface area contributed by atoms with Gasteiger partial charge < -0.3 is 14.6 Å². The van der Waals surface area contributed by atoms with Gasteiger partial charge in [-0.3, -0.25) is 4.90 Å². The molecule has 0 aliphatic carbocycles. The molecule has 0 aliphatic rings. The van der Waals surface area contributed by atoms with Crippen LogP contribution < -0.4 is 0 Å². The SMILES string of the molecule is COCN(C)COC(C)CO. The van der Waals surface area contributed by atoms with Crippen molar-refractivity contribution in [3.05, 3.63) is 0 Å². The Morgan fingerprint density at radius 3 is 2.55 bits per heavy atom. The van der Waals surface area contributed by atoms with Crippen molar-refractivity contribution in [1.29, 1.82) is 0 Å². The first-order chi connectivity index (χ1) is 5.20. The molecule has 0 amide bonds. The molecule has 0 spiro atoms. The van der Waals surface area contributed by atoms with Crippen molar-refractivity contribution < 1.29 is 14.6 Å². The van der Waals surface area contributed by atoms with Gasteiger partial charge in [0.15, 0.2) is 0 Å². The van der Waals surface area contributed by atoms with E-state index in [-0.39, 0.29) is 12.7 Å². The third-order valence-electron chi connectivity index (χ3n) is 1.19. The van der Waals surface area contributed by atoms with Gasteiger partial charge in [-0.2, -0.15) is 0 Å². The molecule has 0 aromatic heterocycles. The van der Waals surface area contributed by atoms with Crippen LogP contribution in [0.25, 0.3) is 0 Å². The van der Waals surface area contributed by atoms with Crippen LogP contribution in [0.2, 0.25) is 0 Å². The van der Waals surface area contributed by atoms with Gasteiger partial charge in [0, 0.05) is 7.11 Å². The van der Waals surface area contributed by atoms with Crippen molar-refractivity contribution >= 4 is 0 Å². The minimum atomic E-state index is -0.102. The van der Waals surface area contributed by atoms with Crippen LogP contribution >= 0.6 is 0 Å². The molecule has 0 aromatic carbocycles. The van der Waals surface area contributed by atoms with Crippen molar-refractivity contribution in [1.82, 2.24) is 4.90 Å². The summed E-state index contributed by atoms with van der Waals surface area (Å²) in [6.45, 7) is 2.90. The molecule has 0 aliphatic heterocycles. The van der Waals surface area contributed by atoms with Crippen molar-refractivity contribution in [3.8, 4) is 0 Å². The average Bonchev–Trinajstić information content (AvgIpc) is 2.01. The lowest BCUT2D eigenvalue weighted by atomic mass is 10.4. The molecular formula is C7H17NO3. The molecule has 0 rings (SSSR count). The van der Waals surface area contributed by atoms with Gasteiger partial charge in [-0.25, -0.2) is 0 Å². The number of hydrogen-bond acceptors (Lipinski definition) is 4. The maximum absolute atomic E-state index is 8.60. The summed E-state index contributed by atoms with van der Waals surface area (Å²) in [7, 11) is 3.51. The molecule has 4 nitrogen and oxygen atoms in total. The van der Waals surface area contributed by atoms with Crippen molar-refractivity contribution in [2.24, 2.45) is 0 Å². The van der Waals surface area contributed by atoms with Gasteiger partial charge in [0.25, 0.3) is 0 Å². The maximum Gasteiger partial charge on any atom is 0.101 e. The van der Waals surface area contributed by atoms with E-state index in [1.54, 1.807) is 7.11 Å². The van der Waals surface area contributed by atoms with Gasteiger partial charge in [0.2, 0.25) is 0 Å². The summed E-state index contributed by atoms with van der Waals surface area (Å²) in [5.41, 5.74) is 0. The van der Waals surface area contributed by atoms with Gasteiger partial charge in [-0.05, 0) is 14.0 Å². The molecule has 1 atom stereocenters. The molecule has 4 heteroatoms. The van der Waals surface area contributed by atoms with Gasteiger partial charge in [0.1, 0.15) is 13.5 Å². The van der Waals surface area contributed by atoms with E-state index in [1.807, 2.05) is 18.9 Å². The fourth-order valence-corrected chi connectivity index (χ4v) is 0.565. The van der Waals surface area contributed by atoms with Crippen molar-refractivity contribution in [3.63, 3.8) is 0 Å². The van der Waals surface area contributed by atoms with E-state index in [9.17, 15) is 0 Å². The summed E-state index contributed by atoms with van der Waals surface area (Å²) in [6, 6.07) is 0. The van der Waals surface area contributed by atoms with Gasteiger partial charge in [-0.1, -0.05) is 0 Å². The summed E-state index contributed by atoms with van der Waals surface area (Å²) in [4.78, 5) is 1.87. The largest absolute Gasteiger partial charge is 0.394 e. The number of methoxy groups -OCH3 is 1. The average molecular weight is 163 g/mol. The minimum absolute atomic E-state index is 0.0564. The lowest BCUT2D eigenvalue weighted by Gasteiger charge is -2.17. The fraction of sp³-hybridized carbons (Fsp3) is 1.00. The monoisotopic (exact) mass is 163 g/mol. The predicted octanol–water partition coefficient (Wildman–Crippen LogP) is -0.123. The second kappa shape index (κ2) is 6.54. The summed E-state index contributed by atoms with van der Waals surface area (Å²) in [6.07, 6.45) is -0.102. The molecule has 0 aromatic rings. The first-order valence-corrected chi connectivity index (χ1v) is 3.60. The highest BCUT2D eigenvalue weighted by Crippen LogP contribution is 1.90. The quantitative estimate of drug-likeness (QED) is 0.554. The third-order valence-corrected chi connectivity index (χ3v) is 1.19. The van der Waals surface area contributed by atoms with Crippen LogP contribution in [0.15, 0.2) is 0 Å². The zero-order chi connectivity index (χ0) is 8.69. The molecule has 11 heavy (non-hydrogen) atoms. The molecule has 0 bridgehead atoms. The highest BCUT2D eigenvalue weighted by molar-refractivity contribution is 4.43. The Labute approximate surface area is 67.7 Å². The number of hydrogen-bond donors (Lipinski definition) is 1. The summed E-state index contributed by atoms with van der Waals surface area (Å²) in [5.74, 6) is 0. The smallest absolute Gasteiger partial charge is 0.101 e. The molecule has 1 unspecified atom stereocenters. The number of ether oxygens (including phenoxy) is 2. The van der Waals surface area contributed by atoms with E-state index in [0.29, 0.717) is 13.5 Å².